The normalized spacial score (nSPS) is 15.2. The van der Waals surface area contributed by atoms with Gasteiger partial charge in [0.05, 0.1) is 5.75 Å². The van der Waals surface area contributed by atoms with Crippen molar-refractivity contribution in [2.24, 2.45) is 5.92 Å². The Labute approximate surface area is 164 Å². The zero-order valence-electron chi connectivity index (χ0n) is 15.5. The Morgan fingerprint density at radius 3 is 2.41 bits per heavy atom. The predicted octanol–water partition coefficient (Wildman–Crippen LogP) is 4.65. The highest BCUT2D eigenvalue weighted by Crippen LogP contribution is 2.31. The molecule has 1 fully saturated rings. The maximum atomic E-state index is 12.6. The summed E-state index contributed by atoms with van der Waals surface area (Å²) in [5.41, 5.74) is 1.93. The van der Waals surface area contributed by atoms with Gasteiger partial charge in [0, 0.05) is 29.4 Å². The van der Waals surface area contributed by atoms with Gasteiger partial charge < -0.3 is 4.90 Å². The molecule has 1 aliphatic heterocycles. The van der Waals surface area contributed by atoms with E-state index in [4.69, 9.17) is 0 Å². The standard InChI is InChI=1S/C22H23N3OS/c1-16-11-13-25(14-12-16)20(26)15-27-22-19-10-6-5-9-18(19)21(23-24-22)17-7-3-2-4-8-17/h2-10,16H,11-15H2,1H3. The van der Waals surface area contributed by atoms with Crippen LogP contribution in [0, 0.1) is 5.92 Å². The Morgan fingerprint density at radius 1 is 1.00 bits per heavy atom. The van der Waals surface area contributed by atoms with Crippen LogP contribution in [0.15, 0.2) is 59.6 Å². The fraction of sp³-hybridized carbons (Fsp3) is 0.318. The number of carbonyl (C=O) groups excluding carboxylic acids is 1. The number of nitrogens with zero attached hydrogens (tertiary/aromatic N) is 3. The maximum Gasteiger partial charge on any atom is 0.232 e. The molecule has 4 nitrogen and oxygen atoms in total. The zero-order chi connectivity index (χ0) is 18.6. The third-order valence-electron chi connectivity index (χ3n) is 5.17. The third kappa shape index (κ3) is 3.98. The van der Waals surface area contributed by atoms with Crippen molar-refractivity contribution in [1.82, 2.24) is 15.1 Å². The lowest BCUT2D eigenvalue weighted by Gasteiger charge is -2.30. The van der Waals surface area contributed by atoms with E-state index in [0.717, 1.165) is 58.9 Å². The zero-order valence-corrected chi connectivity index (χ0v) is 16.3. The minimum Gasteiger partial charge on any atom is -0.342 e. The molecule has 2 aromatic carbocycles. The lowest BCUT2D eigenvalue weighted by Crippen LogP contribution is -2.38. The molecule has 0 bridgehead atoms. The highest BCUT2D eigenvalue weighted by atomic mass is 32.2. The fourth-order valence-corrected chi connectivity index (χ4v) is 4.35. The van der Waals surface area contributed by atoms with Crippen LogP contribution in [-0.2, 0) is 4.79 Å². The van der Waals surface area contributed by atoms with Gasteiger partial charge in [-0.3, -0.25) is 4.79 Å². The number of aromatic nitrogens is 2. The summed E-state index contributed by atoms with van der Waals surface area (Å²) in [7, 11) is 0. The van der Waals surface area contributed by atoms with Gasteiger partial charge in [-0.15, -0.1) is 10.2 Å². The minimum absolute atomic E-state index is 0.199. The summed E-state index contributed by atoms with van der Waals surface area (Å²) in [5.74, 6) is 1.34. The second-order valence-electron chi connectivity index (χ2n) is 7.12. The van der Waals surface area contributed by atoms with Crippen molar-refractivity contribution >= 4 is 28.4 Å². The smallest absolute Gasteiger partial charge is 0.232 e. The number of thioether (sulfide) groups is 1. The molecular weight excluding hydrogens is 354 g/mol. The summed E-state index contributed by atoms with van der Waals surface area (Å²) in [6, 6.07) is 18.3. The Morgan fingerprint density at radius 2 is 1.67 bits per heavy atom. The van der Waals surface area contributed by atoms with Crippen molar-refractivity contribution in [3.8, 4) is 11.3 Å². The minimum atomic E-state index is 0.199. The van der Waals surface area contributed by atoms with Gasteiger partial charge in [-0.05, 0) is 18.8 Å². The number of rotatable bonds is 4. The van der Waals surface area contributed by atoms with Crippen LogP contribution in [0.1, 0.15) is 19.8 Å². The summed E-state index contributed by atoms with van der Waals surface area (Å²) < 4.78 is 0. The Balaban J connectivity index is 1.55. The predicted molar refractivity (Wildman–Crippen MR) is 111 cm³/mol. The van der Waals surface area contributed by atoms with E-state index in [1.54, 1.807) is 0 Å². The third-order valence-corrected chi connectivity index (χ3v) is 6.14. The highest BCUT2D eigenvalue weighted by Gasteiger charge is 2.21. The van der Waals surface area contributed by atoms with Crippen LogP contribution >= 0.6 is 11.8 Å². The van der Waals surface area contributed by atoms with Gasteiger partial charge in [-0.2, -0.15) is 0 Å². The molecular formula is C22H23N3OS. The molecule has 27 heavy (non-hydrogen) atoms. The largest absolute Gasteiger partial charge is 0.342 e. The van der Waals surface area contributed by atoms with Crippen LogP contribution in [-0.4, -0.2) is 39.8 Å². The van der Waals surface area contributed by atoms with Crippen LogP contribution in [0.5, 0.6) is 0 Å². The molecule has 0 unspecified atom stereocenters. The monoisotopic (exact) mass is 377 g/mol. The number of piperidine rings is 1. The average molecular weight is 378 g/mol. The van der Waals surface area contributed by atoms with Gasteiger partial charge in [-0.1, -0.05) is 73.3 Å². The summed E-state index contributed by atoms with van der Waals surface area (Å²) >= 11 is 1.49. The average Bonchev–Trinajstić information content (AvgIpc) is 2.73. The van der Waals surface area contributed by atoms with E-state index in [9.17, 15) is 4.79 Å². The van der Waals surface area contributed by atoms with E-state index < -0.39 is 0 Å². The topological polar surface area (TPSA) is 46.1 Å². The van der Waals surface area contributed by atoms with E-state index >= 15 is 0 Å². The Bertz CT molecular complexity index is 937. The van der Waals surface area contributed by atoms with Gasteiger partial charge in [-0.25, -0.2) is 0 Å². The number of amides is 1. The summed E-state index contributed by atoms with van der Waals surface area (Å²) in [6.07, 6.45) is 2.20. The van der Waals surface area contributed by atoms with Crippen LogP contribution in [0.2, 0.25) is 0 Å². The van der Waals surface area contributed by atoms with E-state index in [2.05, 4.69) is 29.3 Å². The van der Waals surface area contributed by atoms with Crippen molar-refractivity contribution in [2.75, 3.05) is 18.8 Å². The Kier molecular flexibility index (Phi) is 5.39. The quantitative estimate of drug-likeness (QED) is 0.621. The second kappa shape index (κ2) is 8.09. The van der Waals surface area contributed by atoms with Crippen LogP contribution in [0.25, 0.3) is 22.0 Å². The number of benzene rings is 2. The molecule has 1 aliphatic rings. The first kappa shape index (κ1) is 18.0. The number of carbonyl (C=O) groups is 1. The van der Waals surface area contributed by atoms with Crippen LogP contribution < -0.4 is 0 Å². The molecule has 0 atom stereocenters. The van der Waals surface area contributed by atoms with E-state index in [1.807, 2.05) is 47.4 Å². The molecule has 1 saturated heterocycles. The number of hydrogen-bond acceptors (Lipinski definition) is 4. The number of likely N-dealkylation sites (tertiary alicyclic amines) is 1. The molecule has 2 heterocycles. The molecule has 0 spiro atoms. The van der Waals surface area contributed by atoms with Gasteiger partial charge in [0.25, 0.3) is 0 Å². The fourth-order valence-electron chi connectivity index (χ4n) is 3.47. The molecule has 5 heteroatoms. The van der Waals surface area contributed by atoms with Gasteiger partial charge >= 0.3 is 0 Å². The van der Waals surface area contributed by atoms with Gasteiger partial charge in [0.15, 0.2) is 0 Å². The van der Waals surface area contributed by atoms with Gasteiger partial charge in [0.1, 0.15) is 10.7 Å². The lowest BCUT2D eigenvalue weighted by molar-refractivity contribution is -0.129. The molecule has 1 amide bonds. The summed E-state index contributed by atoms with van der Waals surface area (Å²) in [6.45, 7) is 4.01. The van der Waals surface area contributed by atoms with E-state index in [1.165, 1.54) is 11.8 Å². The SMILES string of the molecule is CC1CCN(C(=O)CSc2nnc(-c3ccccc3)c3ccccc23)CC1. The molecule has 4 rings (SSSR count). The lowest BCUT2D eigenvalue weighted by atomic mass is 9.99. The first-order valence-electron chi connectivity index (χ1n) is 9.44. The molecule has 0 saturated carbocycles. The van der Waals surface area contributed by atoms with Crippen LogP contribution in [0.4, 0.5) is 0 Å². The van der Waals surface area contributed by atoms with Gasteiger partial charge in [0.2, 0.25) is 5.91 Å². The summed E-state index contributed by atoms with van der Waals surface area (Å²) in [4.78, 5) is 14.5. The van der Waals surface area contributed by atoms with Crippen molar-refractivity contribution < 1.29 is 4.79 Å². The number of hydrogen-bond donors (Lipinski definition) is 0. The molecule has 3 aromatic rings. The molecule has 1 aromatic heterocycles. The first-order chi connectivity index (χ1) is 13.2. The molecule has 138 valence electrons. The van der Waals surface area contributed by atoms with Crippen molar-refractivity contribution in [3.05, 3.63) is 54.6 Å². The van der Waals surface area contributed by atoms with Crippen molar-refractivity contribution in [1.29, 1.82) is 0 Å². The van der Waals surface area contributed by atoms with E-state index in [0.29, 0.717) is 5.75 Å². The second-order valence-corrected chi connectivity index (χ2v) is 8.08. The molecule has 0 radical (unpaired) electrons. The number of fused-ring (bicyclic) bond motifs is 1. The highest BCUT2D eigenvalue weighted by molar-refractivity contribution is 8.00. The molecule has 0 N–H and O–H groups in total. The van der Waals surface area contributed by atoms with Crippen LogP contribution in [0.3, 0.4) is 0 Å². The van der Waals surface area contributed by atoms with Crippen molar-refractivity contribution in [2.45, 2.75) is 24.8 Å². The first-order valence-corrected chi connectivity index (χ1v) is 10.4. The molecule has 0 aliphatic carbocycles. The van der Waals surface area contributed by atoms with Crippen molar-refractivity contribution in [3.63, 3.8) is 0 Å². The summed E-state index contributed by atoms with van der Waals surface area (Å²) in [5, 5.41) is 11.9. The van der Waals surface area contributed by atoms with E-state index in [-0.39, 0.29) is 5.91 Å². The Hall–Kier alpha value is -2.40. The maximum absolute atomic E-state index is 12.6.